The molecule has 4 aromatic rings. The first-order valence-corrected chi connectivity index (χ1v) is 15.0. The summed E-state index contributed by atoms with van der Waals surface area (Å²) in [6.07, 6.45) is 5.50. The molecule has 8 heteroatoms. The number of hydrogen-bond acceptors (Lipinski definition) is 7. The molecule has 0 spiro atoms. The summed E-state index contributed by atoms with van der Waals surface area (Å²) >= 11 is 1.28. The van der Waals surface area contributed by atoms with Crippen LogP contribution in [0.1, 0.15) is 26.7 Å². The van der Waals surface area contributed by atoms with Crippen LogP contribution in [0.5, 0.6) is 5.75 Å². The molecule has 0 atom stereocenters. The average Bonchev–Trinajstić information content (AvgIpc) is 3.02. The summed E-state index contributed by atoms with van der Waals surface area (Å²) in [6, 6.07) is 30.3. The normalized spacial score (nSPS) is 10.5. The molecule has 0 aliphatic carbocycles. The SMILES string of the molecule is COc1ccccc1.CSNC(=O)COCCCCN(c1cnc(-c2ccccc2)c(-c2ccccc2)n1)C(C)C. The van der Waals surface area contributed by atoms with E-state index in [1.54, 1.807) is 7.11 Å². The van der Waals surface area contributed by atoms with Crippen LogP contribution in [0, 0.1) is 0 Å². The minimum Gasteiger partial charge on any atom is -0.497 e. The number of nitrogens with one attached hydrogen (secondary N) is 1. The predicted molar refractivity (Wildman–Crippen MR) is 170 cm³/mol. The molecule has 41 heavy (non-hydrogen) atoms. The largest absolute Gasteiger partial charge is 0.497 e. The first kappa shape index (κ1) is 31.6. The van der Waals surface area contributed by atoms with Crippen molar-refractivity contribution in [3.05, 3.63) is 97.2 Å². The molecule has 0 saturated carbocycles. The van der Waals surface area contributed by atoms with Crippen LogP contribution >= 0.6 is 11.9 Å². The number of aromatic nitrogens is 2. The highest BCUT2D eigenvalue weighted by Crippen LogP contribution is 2.31. The molecule has 1 amide bonds. The van der Waals surface area contributed by atoms with Crippen molar-refractivity contribution in [2.45, 2.75) is 32.7 Å². The summed E-state index contributed by atoms with van der Waals surface area (Å²) in [4.78, 5) is 23.7. The lowest BCUT2D eigenvalue weighted by atomic mass is 10.0. The molecule has 0 saturated heterocycles. The first-order chi connectivity index (χ1) is 20.0. The van der Waals surface area contributed by atoms with Crippen LogP contribution in [0.25, 0.3) is 22.5 Å². The Balaban J connectivity index is 0.000000496. The highest BCUT2D eigenvalue weighted by molar-refractivity contribution is 7.97. The van der Waals surface area contributed by atoms with Crippen molar-refractivity contribution in [1.29, 1.82) is 0 Å². The first-order valence-electron chi connectivity index (χ1n) is 13.8. The molecule has 1 heterocycles. The van der Waals surface area contributed by atoms with Crippen molar-refractivity contribution < 1.29 is 14.3 Å². The van der Waals surface area contributed by atoms with Crippen LogP contribution in [0.15, 0.2) is 97.2 Å². The lowest BCUT2D eigenvalue weighted by molar-refractivity contribution is -0.123. The second kappa shape index (κ2) is 17.7. The molecule has 3 aromatic carbocycles. The minimum absolute atomic E-state index is 0.0988. The third kappa shape index (κ3) is 10.6. The molecule has 7 nitrogen and oxygen atoms in total. The number of carbonyl (C=O) groups is 1. The van der Waals surface area contributed by atoms with E-state index in [2.05, 4.69) is 47.7 Å². The monoisotopic (exact) mass is 572 g/mol. The molecule has 0 unspecified atom stereocenters. The van der Waals surface area contributed by atoms with E-state index in [0.717, 1.165) is 53.5 Å². The summed E-state index contributed by atoms with van der Waals surface area (Å²) in [5.74, 6) is 1.67. The van der Waals surface area contributed by atoms with Gasteiger partial charge in [0.1, 0.15) is 18.2 Å². The van der Waals surface area contributed by atoms with Gasteiger partial charge in [0.2, 0.25) is 0 Å². The maximum atomic E-state index is 11.5. The Labute approximate surface area is 248 Å². The number of rotatable bonds is 13. The molecular weight excluding hydrogens is 532 g/mol. The lowest BCUT2D eigenvalue weighted by Gasteiger charge is -2.28. The summed E-state index contributed by atoms with van der Waals surface area (Å²) in [6.45, 7) is 5.82. The third-order valence-corrected chi connectivity index (χ3v) is 6.57. The molecule has 1 N–H and O–H groups in total. The number of unbranched alkanes of at least 4 members (excludes halogenated alkanes) is 1. The molecule has 216 valence electrons. The Hall–Kier alpha value is -3.88. The van der Waals surface area contributed by atoms with E-state index in [1.165, 1.54) is 11.9 Å². The Morgan fingerprint density at radius 3 is 2.00 bits per heavy atom. The van der Waals surface area contributed by atoms with E-state index >= 15 is 0 Å². The van der Waals surface area contributed by atoms with Crippen LogP contribution in [-0.4, -0.2) is 55.0 Å². The lowest BCUT2D eigenvalue weighted by Crippen LogP contribution is -2.33. The number of carbonyl (C=O) groups excluding carboxylic acids is 1. The van der Waals surface area contributed by atoms with E-state index in [1.807, 2.05) is 79.2 Å². The minimum atomic E-state index is -0.103. The van der Waals surface area contributed by atoms with E-state index in [-0.39, 0.29) is 18.6 Å². The zero-order chi connectivity index (χ0) is 29.3. The van der Waals surface area contributed by atoms with Crippen molar-refractivity contribution in [2.75, 3.05) is 38.0 Å². The van der Waals surface area contributed by atoms with E-state index in [0.29, 0.717) is 6.61 Å². The second-order valence-corrected chi connectivity index (χ2v) is 10.1. The van der Waals surface area contributed by atoms with E-state index in [9.17, 15) is 4.79 Å². The molecule has 1 aromatic heterocycles. The van der Waals surface area contributed by atoms with Crippen LogP contribution < -0.4 is 14.4 Å². The van der Waals surface area contributed by atoms with Gasteiger partial charge in [0.15, 0.2) is 0 Å². The highest BCUT2D eigenvalue weighted by Gasteiger charge is 2.17. The van der Waals surface area contributed by atoms with Gasteiger partial charge < -0.3 is 14.4 Å². The Morgan fingerprint density at radius 2 is 1.46 bits per heavy atom. The van der Waals surface area contributed by atoms with E-state index in [4.69, 9.17) is 19.4 Å². The van der Waals surface area contributed by atoms with Crippen LogP contribution in [0.4, 0.5) is 5.82 Å². The molecule has 0 radical (unpaired) electrons. The van der Waals surface area contributed by atoms with Crippen molar-refractivity contribution in [3.63, 3.8) is 0 Å². The van der Waals surface area contributed by atoms with Crippen LogP contribution in [0.3, 0.4) is 0 Å². The fourth-order valence-electron chi connectivity index (χ4n) is 4.11. The fourth-order valence-corrected chi connectivity index (χ4v) is 4.40. The van der Waals surface area contributed by atoms with Gasteiger partial charge in [-0.1, -0.05) is 90.8 Å². The maximum absolute atomic E-state index is 11.5. The van der Waals surface area contributed by atoms with Crippen molar-refractivity contribution in [1.82, 2.24) is 14.7 Å². The zero-order valence-electron chi connectivity index (χ0n) is 24.3. The van der Waals surface area contributed by atoms with Gasteiger partial charge in [-0.05, 0) is 38.8 Å². The number of para-hydroxylation sites is 1. The number of hydrogen-bond donors (Lipinski definition) is 1. The van der Waals surface area contributed by atoms with Crippen LogP contribution in [-0.2, 0) is 9.53 Å². The van der Waals surface area contributed by atoms with Crippen molar-refractivity contribution in [3.8, 4) is 28.3 Å². The molecule has 0 aliphatic heterocycles. The van der Waals surface area contributed by atoms with Gasteiger partial charge in [-0.15, -0.1) is 0 Å². The molecular formula is C33H40N4O3S. The number of nitrogens with zero attached hydrogens (tertiary/aromatic N) is 3. The summed E-state index contributed by atoms with van der Waals surface area (Å²) in [7, 11) is 1.66. The number of ether oxygens (including phenoxy) is 2. The number of amides is 1. The Kier molecular flexibility index (Phi) is 13.7. The number of methoxy groups -OCH3 is 1. The van der Waals surface area contributed by atoms with Crippen molar-refractivity contribution in [2.24, 2.45) is 0 Å². The van der Waals surface area contributed by atoms with Gasteiger partial charge in [-0.2, -0.15) is 0 Å². The third-order valence-electron chi connectivity index (χ3n) is 6.14. The number of anilines is 1. The summed E-state index contributed by atoms with van der Waals surface area (Å²) in [5, 5.41) is 0. The quantitative estimate of drug-likeness (QED) is 0.138. The van der Waals surface area contributed by atoms with Gasteiger partial charge in [-0.25, -0.2) is 4.98 Å². The molecule has 0 bridgehead atoms. The highest BCUT2D eigenvalue weighted by atomic mass is 32.2. The fraction of sp³-hybridized carbons (Fsp3) is 0.303. The molecule has 0 aliphatic rings. The Morgan fingerprint density at radius 1 is 0.878 bits per heavy atom. The summed E-state index contributed by atoms with van der Waals surface area (Å²) in [5.41, 5.74) is 3.86. The van der Waals surface area contributed by atoms with E-state index < -0.39 is 0 Å². The molecule has 4 rings (SSSR count). The van der Waals surface area contributed by atoms with Gasteiger partial charge >= 0.3 is 0 Å². The van der Waals surface area contributed by atoms with Gasteiger partial charge in [-0.3, -0.25) is 14.5 Å². The van der Waals surface area contributed by atoms with Crippen molar-refractivity contribution >= 4 is 23.7 Å². The van der Waals surface area contributed by atoms with Crippen LogP contribution in [0.2, 0.25) is 0 Å². The van der Waals surface area contributed by atoms with Gasteiger partial charge in [0.25, 0.3) is 5.91 Å². The smallest absolute Gasteiger partial charge is 0.255 e. The maximum Gasteiger partial charge on any atom is 0.255 e. The number of benzene rings is 3. The zero-order valence-corrected chi connectivity index (χ0v) is 25.1. The standard InChI is InChI=1S/C26H32N4O2S.C7H8O/c1-20(2)30(16-10-11-17-32-19-24(31)29-33-3)23-18-27-25(21-12-6-4-7-13-21)26(28-23)22-14-8-5-9-15-22;1-8-7-5-3-2-4-6-7/h4-9,12-15,18,20H,10-11,16-17,19H2,1-3H3,(H,29,31);2-6H,1H3. The summed E-state index contributed by atoms with van der Waals surface area (Å²) < 4.78 is 13.0. The molecule has 0 fully saturated rings. The topological polar surface area (TPSA) is 76.6 Å². The predicted octanol–water partition coefficient (Wildman–Crippen LogP) is 6.91. The second-order valence-electron chi connectivity index (χ2n) is 9.45. The Bertz CT molecular complexity index is 1290. The average molecular weight is 573 g/mol. The van der Waals surface area contributed by atoms with Gasteiger partial charge in [0, 0.05) is 36.6 Å². The van der Waals surface area contributed by atoms with Gasteiger partial charge in [0.05, 0.1) is 24.7 Å².